The van der Waals surface area contributed by atoms with Crippen molar-refractivity contribution in [1.29, 1.82) is 0 Å². The number of hydrogen-bond acceptors (Lipinski definition) is 4. The lowest BCUT2D eigenvalue weighted by molar-refractivity contribution is -0.137. The van der Waals surface area contributed by atoms with Crippen LogP contribution in [0.3, 0.4) is 0 Å². The van der Waals surface area contributed by atoms with Crippen LogP contribution in [0.25, 0.3) is 22.0 Å². The van der Waals surface area contributed by atoms with Crippen molar-refractivity contribution < 1.29 is 35.3 Å². The van der Waals surface area contributed by atoms with Crippen LogP contribution in [-0.4, -0.2) is 30.8 Å². The molecule has 10 heteroatoms. The van der Waals surface area contributed by atoms with E-state index in [4.69, 9.17) is 4.18 Å². The van der Waals surface area contributed by atoms with Gasteiger partial charge in [-0.3, -0.25) is 4.18 Å². The Morgan fingerprint density at radius 3 is 2.39 bits per heavy atom. The number of rotatable bonds is 7. The summed E-state index contributed by atoms with van der Waals surface area (Å²) in [6.45, 7) is 3.18. The second-order valence-corrected chi connectivity index (χ2v) is 11.5. The van der Waals surface area contributed by atoms with Crippen LogP contribution in [0.1, 0.15) is 31.4 Å². The van der Waals surface area contributed by atoms with Crippen LogP contribution in [0, 0.1) is 5.82 Å². The molecule has 0 amide bonds. The van der Waals surface area contributed by atoms with Crippen molar-refractivity contribution in [1.82, 2.24) is 4.57 Å². The summed E-state index contributed by atoms with van der Waals surface area (Å²) in [7, 11) is -4.54. The number of fused-ring (bicyclic) bond motifs is 1. The molecule has 0 radical (unpaired) electrons. The summed E-state index contributed by atoms with van der Waals surface area (Å²) in [6.07, 6.45) is -1.73. The molecule has 0 saturated heterocycles. The summed E-state index contributed by atoms with van der Waals surface area (Å²) in [5.74, 6) is -0.688. The molecular formula is C31H27F4NO4S. The van der Waals surface area contributed by atoms with Crippen molar-refractivity contribution in [3.8, 4) is 11.1 Å². The number of hydrogen-bond donors (Lipinski definition) is 1. The number of nitrogens with zero attached hydrogens (tertiary/aromatic N) is 1. The number of halogens is 4. The first-order valence-corrected chi connectivity index (χ1v) is 14.3. The number of para-hydroxylation sites is 1. The van der Waals surface area contributed by atoms with Crippen molar-refractivity contribution in [2.45, 2.75) is 38.1 Å². The topological polar surface area (TPSA) is 68.5 Å². The van der Waals surface area contributed by atoms with Gasteiger partial charge in [0, 0.05) is 22.7 Å². The standard InChI is InChI=1S/C31H27F4NO4S/c1-3-17-40-41(38,39)28-16-15-20(2)29(37)30(28,21-9-8-10-22(32)18-21)36-19-25(24-12-5-7-14-27(24)36)23-11-4-6-13-26(23)31(33,34)35/h4-16,18-19,29,37H,3,17H2,1-2H3/t29-,30+/m0/s1. The molecule has 1 aromatic heterocycles. The second kappa shape index (κ2) is 10.6. The minimum absolute atomic E-state index is 0.0729. The summed E-state index contributed by atoms with van der Waals surface area (Å²) in [5, 5.41) is 12.3. The Balaban J connectivity index is 1.94. The molecule has 0 fully saturated rings. The molecule has 1 heterocycles. The third-order valence-electron chi connectivity index (χ3n) is 7.29. The van der Waals surface area contributed by atoms with Gasteiger partial charge in [0.05, 0.1) is 12.2 Å². The van der Waals surface area contributed by atoms with Crippen molar-refractivity contribution in [2.24, 2.45) is 0 Å². The molecule has 5 rings (SSSR count). The molecule has 0 unspecified atom stereocenters. The molecule has 0 saturated carbocycles. The number of alkyl halides is 3. The highest BCUT2D eigenvalue weighted by atomic mass is 32.2. The summed E-state index contributed by atoms with van der Waals surface area (Å²) in [4.78, 5) is -0.376. The third kappa shape index (κ3) is 4.79. The molecule has 1 N–H and O–H groups in total. The molecule has 214 valence electrons. The van der Waals surface area contributed by atoms with E-state index in [0.717, 1.165) is 12.1 Å². The fourth-order valence-corrected chi connectivity index (χ4v) is 6.94. The zero-order valence-corrected chi connectivity index (χ0v) is 23.0. The van der Waals surface area contributed by atoms with E-state index >= 15 is 0 Å². The SMILES string of the molecule is CCCOS(=O)(=O)C1=CC=C(C)[C@H](O)[C@]1(c1cccc(F)c1)n1cc(-c2ccccc2C(F)(F)F)c2ccccc21. The number of aliphatic hydroxyl groups excluding tert-OH is 1. The predicted molar refractivity (Wildman–Crippen MR) is 149 cm³/mol. The van der Waals surface area contributed by atoms with E-state index in [2.05, 4.69) is 0 Å². The molecule has 5 nitrogen and oxygen atoms in total. The molecule has 0 spiro atoms. The lowest BCUT2D eigenvalue weighted by Gasteiger charge is -2.44. The summed E-state index contributed by atoms with van der Waals surface area (Å²) in [6, 6.07) is 16.8. The maximum atomic E-state index is 14.8. The second-order valence-electron chi connectivity index (χ2n) is 9.87. The highest BCUT2D eigenvalue weighted by molar-refractivity contribution is 7.90. The Morgan fingerprint density at radius 2 is 1.68 bits per heavy atom. The molecule has 2 atom stereocenters. The van der Waals surface area contributed by atoms with Crippen LogP contribution in [0.4, 0.5) is 17.6 Å². The van der Waals surface area contributed by atoms with E-state index in [0.29, 0.717) is 22.9 Å². The first-order valence-electron chi connectivity index (χ1n) is 12.9. The van der Waals surface area contributed by atoms with Gasteiger partial charge in [0.2, 0.25) is 0 Å². The van der Waals surface area contributed by atoms with E-state index in [-0.39, 0.29) is 28.2 Å². The van der Waals surface area contributed by atoms with Gasteiger partial charge in [-0.1, -0.05) is 61.5 Å². The first kappa shape index (κ1) is 28.8. The average molecular weight is 586 g/mol. The van der Waals surface area contributed by atoms with Crippen molar-refractivity contribution in [3.63, 3.8) is 0 Å². The molecule has 0 bridgehead atoms. The minimum atomic E-state index is -4.67. The van der Waals surface area contributed by atoms with Gasteiger partial charge in [0.25, 0.3) is 10.1 Å². The van der Waals surface area contributed by atoms with Gasteiger partial charge >= 0.3 is 6.18 Å². The van der Waals surface area contributed by atoms with Gasteiger partial charge in [0.15, 0.2) is 0 Å². The van der Waals surface area contributed by atoms with Crippen LogP contribution >= 0.6 is 0 Å². The normalized spacial score (nSPS) is 19.7. The number of benzene rings is 3. The van der Waals surface area contributed by atoms with Gasteiger partial charge < -0.3 is 9.67 Å². The Kier molecular flexibility index (Phi) is 7.44. The molecule has 1 aliphatic rings. The summed E-state index contributed by atoms with van der Waals surface area (Å²) in [5.41, 5.74) is -2.11. The molecule has 41 heavy (non-hydrogen) atoms. The zero-order valence-electron chi connectivity index (χ0n) is 22.2. The molecule has 1 aliphatic carbocycles. The Morgan fingerprint density at radius 1 is 0.976 bits per heavy atom. The summed E-state index contributed by atoms with van der Waals surface area (Å²) >= 11 is 0. The lowest BCUT2D eigenvalue weighted by Crippen LogP contribution is -2.51. The predicted octanol–water partition coefficient (Wildman–Crippen LogP) is 7.17. The smallest absolute Gasteiger partial charge is 0.386 e. The van der Waals surface area contributed by atoms with Gasteiger partial charge in [-0.25, -0.2) is 4.39 Å². The molecular weight excluding hydrogens is 558 g/mol. The van der Waals surface area contributed by atoms with Crippen LogP contribution < -0.4 is 0 Å². The monoisotopic (exact) mass is 585 g/mol. The van der Waals surface area contributed by atoms with Crippen LogP contribution in [-0.2, 0) is 26.0 Å². The van der Waals surface area contributed by atoms with Crippen LogP contribution in [0.5, 0.6) is 0 Å². The zero-order chi connectivity index (χ0) is 29.6. The van der Waals surface area contributed by atoms with E-state index in [1.54, 1.807) is 38.1 Å². The molecule has 0 aliphatic heterocycles. The van der Waals surface area contributed by atoms with E-state index in [1.165, 1.54) is 59.3 Å². The average Bonchev–Trinajstić information content (AvgIpc) is 3.33. The van der Waals surface area contributed by atoms with Gasteiger partial charge in [-0.05, 0) is 60.4 Å². The van der Waals surface area contributed by atoms with Gasteiger partial charge in [-0.2, -0.15) is 21.6 Å². The molecule has 4 aromatic rings. The molecule has 3 aromatic carbocycles. The van der Waals surface area contributed by atoms with E-state index in [9.17, 15) is 31.1 Å². The Hall–Kier alpha value is -3.73. The van der Waals surface area contributed by atoms with Crippen molar-refractivity contribution in [3.05, 3.63) is 119 Å². The van der Waals surface area contributed by atoms with Gasteiger partial charge in [0.1, 0.15) is 22.4 Å². The van der Waals surface area contributed by atoms with Crippen molar-refractivity contribution in [2.75, 3.05) is 6.61 Å². The number of allylic oxidation sites excluding steroid dienone is 2. The van der Waals surface area contributed by atoms with Gasteiger partial charge in [-0.15, -0.1) is 0 Å². The number of aliphatic hydroxyl groups is 1. The Labute approximate surface area is 235 Å². The van der Waals surface area contributed by atoms with Crippen LogP contribution in [0.15, 0.2) is 102 Å². The first-order chi connectivity index (χ1) is 19.4. The maximum Gasteiger partial charge on any atom is 0.417 e. The summed E-state index contributed by atoms with van der Waals surface area (Å²) < 4.78 is 91.4. The van der Waals surface area contributed by atoms with E-state index < -0.39 is 39.3 Å². The lowest BCUT2D eigenvalue weighted by atomic mass is 9.77. The van der Waals surface area contributed by atoms with E-state index in [1.807, 2.05) is 0 Å². The fourth-order valence-electron chi connectivity index (χ4n) is 5.49. The number of aromatic nitrogens is 1. The van der Waals surface area contributed by atoms with Crippen molar-refractivity contribution >= 4 is 21.0 Å². The fraction of sp³-hybridized carbons (Fsp3) is 0.226. The quantitative estimate of drug-likeness (QED) is 0.184. The largest absolute Gasteiger partial charge is 0.417 e. The maximum absolute atomic E-state index is 14.8. The third-order valence-corrected chi connectivity index (χ3v) is 8.75. The minimum Gasteiger partial charge on any atom is -0.386 e. The highest BCUT2D eigenvalue weighted by Crippen LogP contribution is 2.49. The van der Waals surface area contributed by atoms with Crippen LogP contribution in [0.2, 0.25) is 0 Å². The highest BCUT2D eigenvalue weighted by Gasteiger charge is 2.53. The Bertz CT molecular complexity index is 1790.